The number of hydrogen-bond donors (Lipinski definition) is 1. The van der Waals surface area contributed by atoms with Crippen LogP contribution in [0, 0.1) is 0 Å². The van der Waals surface area contributed by atoms with Crippen molar-refractivity contribution in [1.29, 1.82) is 0 Å². The van der Waals surface area contributed by atoms with Crippen molar-refractivity contribution in [2.75, 3.05) is 5.32 Å². The molecule has 0 aliphatic heterocycles. The highest BCUT2D eigenvalue weighted by molar-refractivity contribution is 5.95. The van der Waals surface area contributed by atoms with Gasteiger partial charge in [-0.25, -0.2) is 4.98 Å². The highest BCUT2D eigenvalue weighted by Crippen LogP contribution is 2.22. The van der Waals surface area contributed by atoms with Crippen molar-refractivity contribution in [3.63, 3.8) is 0 Å². The van der Waals surface area contributed by atoms with Crippen LogP contribution in [0.5, 0.6) is 0 Å². The van der Waals surface area contributed by atoms with E-state index in [9.17, 15) is 4.79 Å². The summed E-state index contributed by atoms with van der Waals surface area (Å²) in [6.45, 7) is 4.73. The zero-order valence-electron chi connectivity index (χ0n) is 15.8. The molecule has 1 aromatic heterocycles. The molecule has 0 atom stereocenters. The van der Waals surface area contributed by atoms with Gasteiger partial charge in [0, 0.05) is 30.4 Å². The van der Waals surface area contributed by atoms with E-state index in [2.05, 4.69) is 36.3 Å². The minimum Gasteiger partial charge on any atom is -0.367 e. The Labute approximate surface area is 156 Å². The predicted octanol–water partition coefficient (Wildman–Crippen LogP) is 4.88. The zero-order valence-corrected chi connectivity index (χ0v) is 15.8. The molecule has 1 aromatic carbocycles. The van der Waals surface area contributed by atoms with Gasteiger partial charge >= 0.3 is 0 Å². The second kappa shape index (κ2) is 8.84. The average molecular weight is 351 g/mol. The van der Waals surface area contributed by atoms with Gasteiger partial charge in [0.25, 0.3) is 5.91 Å². The van der Waals surface area contributed by atoms with E-state index in [4.69, 9.17) is 0 Å². The van der Waals surface area contributed by atoms with Crippen molar-refractivity contribution < 1.29 is 4.79 Å². The molecule has 0 radical (unpaired) electrons. The molecule has 1 saturated carbocycles. The molecule has 1 amide bonds. The summed E-state index contributed by atoms with van der Waals surface area (Å²) in [5.74, 6) is 0.865. The second-order valence-electron chi connectivity index (χ2n) is 7.42. The van der Waals surface area contributed by atoms with Crippen LogP contribution in [-0.2, 0) is 6.54 Å². The van der Waals surface area contributed by atoms with E-state index in [0.717, 1.165) is 11.4 Å². The monoisotopic (exact) mass is 351 g/mol. The van der Waals surface area contributed by atoms with Gasteiger partial charge in [-0.15, -0.1) is 0 Å². The first-order valence-corrected chi connectivity index (χ1v) is 9.71. The number of pyridine rings is 1. The molecular weight excluding hydrogens is 322 g/mol. The average Bonchev–Trinajstić information content (AvgIpc) is 2.67. The Morgan fingerprint density at radius 1 is 1.15 bits per heavy atom. The summed E-state index contributed by atoms with van der Waals surface area (Å²) in [5.41, 5.74) is 1.84. The van der Waals surface area contributed by atoms with Crippen LogP contribution in [0.3, 0.4) is 0 Å². The summed E-state index contributed by atoms with van der Waals surface area (Å²) < 4.78 is 0. The topological polar surface area (TPSA) is 45.2 Å². The van der Waals surface area contributed by atoms with Gasteiger partial charge in [-0.1, -0.05) is 49.6 Å². The van der Waals surface area contributed by atoms with Crippen molar-refractivity contribution in [1.82, 2.24) is 9.88 Å². The molecule has 1 heterocycles. The van der Waals surface area contributed by atoms with E-state index in [-0.39, 0.29) is 11.9 Å². The zero-order chi connectivity index (χ0) is 18.4. The Kier molecular flexibility index (Phi) is 6.26. The molecule has 1 N–H and O–H groups in total. The van der Waals surface area contributed by atoms with Crippen LogP contribution in [0.2, 0.25) is 0 Å². The van der Waals surface area contributed by atoms with Crippen molar-refractivity contribution in [3.05, 3.63) is 59.8 Å². The third-order valence-electron chi connectivity index (χ3n) is 5.04. The van der Waals surface area contributed by atoms with E-state index < -0.39 is 0 Å². The fraction of sp³-hybridized carbons (Fsp3) is 0.455. The molecule has 0 unspecified atom stereocenters. The van der Waals surface area contributed by atoms with E-state index in [1.807, 2.05) is 35.2 Å². The van der Waals surface area contributed by atoms with Crippen LogP contribution in [0.15, 0.2) is 48.7 Å². The fourth-order valence-electron chi connectivity index (χ4n) is 3.53. The lowest BCUT2D eigenvalue weighted by molar-refractivity contribution is 0.0690. The van der Waals surface area contributed by atoms with Crippen LogP contribution < -0.4 is 5.32 Å². The minimum absolute atomic E-state index is 0.0537. The van der Waals surface area contributed by atoms with Gasteiger partial charge in [-0.05, 0) is 44.4 Å². The number of rotatable bonds is 6. The summed E-state index contributed by atoms with van der Waals surface area (Å²) in [5, 5.41) is 3.51. The third kappa shape index (κ3) is 4.84. The minimum atomic E-state index is 0.0537. The van der Waals surface area contributed by atoms with Gasteiger partial charge in [0.2, 0.25) is 0 Å². The molecule has 3 rings (SSSR count). The number of amides is 1. The number of hydrogen-bond acceptors (Lipinski definition) is 3. The van der Waals surface area contributed by atoms with Gasteiger partial charge in [0.1, 0.15) is 5.82 Å². The quantitative estimate of drug-likeness (QED) is 0.807. The first-order valence-electron chi connectivity index (χ1n) is 9.71. The number of nitrogens with zero attached hydrogens (tertiary/aromatic N) is 2. The summed E-state index contributed by atoms with van der Waals surface area (Å²) >= 11 is 0. The number of carbonyl (C=O) groups is 1. The highest BCUT2D eigenvalue weighted by Gasteiger charge is 2.20. The SMILES string of the molecule is CC(C)N(Cc1ccccc1)C(=O)c1ccnc(NC2CCCCC2)c1. The van der Waals surface area contributed by atoms with Crippen LogP contribution in [0.25, 0.3) is 0 Å². The summed E-state index contributed by atoms with van der Waals surface area (Å²) in [6.07, 6.45) is 7.98. The van der Waals surface area contributed by atoms with E-state index in [0.29, 0.717) is 18.2 Å². The van der Waals surface area contributed by atoms with E-state index >= 15 is 0 Å². The highest BCUT2D eigenvalue weighted by atomic mass is 16.2. The van der Waals surface area contributed by atoms with Gasteiger partial charge in [-0.2, -0.15) is 0 Å². The molecule has 0 spiro atoms. The maximum absolute atomic E-state index is 13.1. The molecule has 0 bridgehead atoms. The lowest BCUT2D eigenvalue weighted by Gasteiger charge is -2.27. The molecule has 1 aliphatic rings. The Balaban J connectivity index is 1.73. The number of benzene rings is 1. The Hall–Kier alpha value is -2.36. The third-order valence-corrected chi connectivity index (χ3v) is 5.04. The first-order chi connectivity index (χ1) is 12.6. The smallest absolute Gasteiger partial charge is 0.254 e. The molecule has 26 heavy (non-hydrogen) atoms. The largest absolute Gasteiger partial charge is 0.367 e. The molecule has 0 saturated heterocycles. The standard InChI is InChI=1S/C22H29N3O/c1-17(2)25(16-18-9-5-3-6-10-18)22(26)19-13-14-23-21(15-19)24-20-11-7-4-8-12-20/h3,5-6,9-10,13-15,17,20H,4,7-8,11-12,16H2,1-2H3,(H,23,24). The predicted molar refractivity (Wildman–Crippen MR) is 106 cm³/mol. The molecule has 138 valence electrons. The Bertz CT molecular complexity index is 708. The van der Waals surface area contributed by atoms with Crippen LogP contribution >= 0.6 is 0 Å². The van der Waals surface area contributed by atoms with Gasteiger partial charge < -0.3 is 10.2 Å². The fourth-order valence-corrected chi connectivity index (χ4v) is 3.53. The molecule has 1 aliphatic carbocycles. The molecule has 1 fully saturated rings. The molecule has 4 heteroatoms. The van der Waals surface area contributed by atoms with Gasteiger partial charge in [0.15, 0.2) is 0 Å². The van der Waals surface area contributed by atoms with E-state index in [1.165, 1.54) is 32.1 Å². The Morgan fingerprint density at radius 3 is 2.58 bits per heavy atom. The van der Waals surface area contributed by atoms with Crippen LogP contribution in [0.4, 0.5) is 5.82 Å². The Morgan fingerprint density at radius 2 is 1.88 bits per heavy atom. The van der Waals surface area contributed by atoms with Crippen LogP contribution in [0.1, 0.15) is 61.9 Å². The first kappa shape index (κ1) is 18.4. The number of nitrogens with one attached hydrogen (secondary N) is 1. The molecule has 4 nitrogen and oxygen atoms in total. The summed E-state index contributed by atoms with van der Waals surface area (Å²) in [7, 11) is 0. The van der Waals surface area contributed by atoms with Crippen molar-refractivity contribution in [2.45, 2.75) is 64.6 Å². The lowest BCUT2D eigenvalue weighted by atomic mass is 9.95. The number of carbonyl (C=O) groups excluding carboxylic acids is 1. The van der Waals surface area contributed by atoms with Crippen molar-refractivity contribution >= 4 is 11.7 Å². The molecular formula is C22H29N3O. The van der Waals surface area contributed by atoms with Crippen molar-refractivity contribution in [2.24, 2.45) is 0 Å². The lowest BCUT2D eigenvalue weighted by Crippen LogP contribution is -2.36. The second-order valence-corrected chi connectivity index (χ2v) is 7.42. The summed E-state index contributed by atoms with van der Waals surface area (Å²) in [6, 6.07) is 14.5. The van der Waals surface area contributed by atoms with E-state index in [1.54, 1.807) is 6.20 Å². The normalized spacial score (nSPS) is 15.0. The maximum atomic E-state index is 13.1. The number of aromatic nitrogens is 1. The van der Waals surface area contributed by atoms with Gasteiger partial charge in [0.05, 0.1) is 0 Å². The molecule has 2 aromatic rings. The van der Waals surface area contributed by atoms with Crippen molar-refractivity contribution in [3.8, 4) is 0 Å². The van der Waals surface area contributed by atoms with Crippen LogP contribution in [-0.4, -0.2) is 27.9 Å². The summed E-state index contributed by atoms with van der Waals surface area (Å²) in [4.78, 5) is 19.4. The number of anilines is 1. The van der Waals surface area contributed by atoms with Gasteiger partial charge in [-0.3, -0.25) is 4.79 Å². The maximum Gasteiger partial charge on any atom is 0.254 e.